The molecule has 8 rings (SSSR count). The van der Waals surface area contributed by atoms with E-state index >= 15 is 0 Å². The number of ether oxygens (including phenoxy) is 1. The molecule has 314 valence electrons. The third kappa shape index (κ3) is 6.99. The van der Waals surface area contributed by atoms with Gasteiger partial charge in [-0.1, -0.05) is 26.7 Å². The first kappa shape index (κ1) is 43.2. The van der Waals surface area contributed by atoms with Gasteiger partial charge in [0.1, 0.15) is 17.1 Å². The Morgan fingerprint density at radius 2 is 1.45 bits per heavy atom. The highest BCUT2D eigenvalue weighted by Crippen LogP contribution is 2.66. The van der Waals surface area contributed by atoms with Crippen molar-refractivity contribution in [3.8, 4) is 0 Å². The lowest BCUT2D eigenvalue weighted by Gasteiger charge is -2.64. The highest BCUT2D eigenvalue weighted by atomic mass is 16.7. The van der Waals surface area contributed by atoms with Gasteiger partial charge >= 0.3 is 26.2 Å². The SMILES string of the molecule is CC(N)C(=O)N1CC2(CCCB3OC4CC5CC(C5(C)C)C4(C)O3)CCNC2(C(=O)O)C1.COCC(N)C(=O)N1CC2(CCCB(O)O)CCNC2(C(=O)O)C1. The summed E-state index contributed by atoms with van der Waals surface area (Å²) in [5, 5.41) is 44.4. The number of likely N-dealkylation sites (tertiary alicyclic amines) is 2. The number of methoxy groups -OCH3 is 1. The van der Waals surface area contributed by atoms with Gasteiger partial charge in [-0.3, -0.25) is 29.8 Å². The van der Waals surface area contributed by atoms with Gasteiger partial charge < -0.3 is 55.6 Å². The molecule has 10 unspecified atom stereocenters. The van der Waals surface area contributed by atoms with Crippen molar-refractivity contribution in [1.82, 2.24) is 20.4 Å². The fourth-order valence-electron chi connectivity index (χ4n) is 12.1. The van der Waals surface area contributed by atoms with Crippen molar-refractivity contribution < 1.29 is 53.5 Å². The summed E-state index contributed by atoms with van der Waals surface area (Å²) in [5.74, 6) is -1.10. The first-order valence-electron chi connectivity index (χ1n) is 20.5. The van der Waals surface area contributed by atoms with Crippen LogP contribution in [0.5, 0.6) is 0 Å². The van der Waals surface area contributed by atoms with Crippen LogP contribution in [0.25, 0.3) is 0 Å². The molecule has 5 heterocycles. The predicted molar refractivity (Wildman–Crippen MR) is 206 cm³/mol. The molecule has 8 aliphatic rings. The number of amides is 2. The number of carboxylic acids is 2. The van der Waals surface area contributed by atoms with E-state index in [2.05, 4.69) is 31.4 Å². The van der Waals surface area contributed by atoms with Crippen molar-refractivity contribution in [3.63, 3.8) is 0 Å². The third-order valence-corrected chi connectivity index (χ3v) is 15.3. The molecule has 0 radical (unpaired) electrons. The lowest BCUT2D eigenvalue weighted by atomic mass is 9.43. The Hall–Kier alpha value is -2.35. The van der Waals surface area contributed by atoms with Gasteiger partial charge in [0.15, 0.2) is 0 Å². The highest BCUT2D eigenvalue weighted by molar-refractivity contribution is 6.45. The number of carboxylic acid groups (broad SMARTS) is 2. The second-order valence-electron chi connectivity index (χ2n) is 18.7. The zero-order valence-corrected chi connectivity index (χ0v) is 33.8. The van der Waals surface area contributed by atoms with Crippen LogP contribution in [0, 0.1) is 28.1 Å². The first-order valence-corrected chi connectivity index (χ1v) is 20.5. The van der Waals surface area contributed by atoms with Gasteiger partial charge in [-0.15, -0.1) is 0 Å². The Balaban J connectivity index is 0.000000199. The van der Waals surface area contributed by atoms with E-state index in [1.807, 2.05) is 0 Å². The maximum atomic E-state index is 12.6. The standard InChI is InChI=1S/C23H38BN3O5.C14H26BN3O6/c1-14(25)18(28)27-12-22(7-9-26-23(22,13-27)19(29)30)6-5-8-24-31-17-11-15-10-16(20(15,2)3)21(17,4)32-24;1-24-7-10(16)11(19)18-8-13(3-2-5-15(22)23)4-6-17-14(13,9-18)12(20)21/h14-17,26H,5-13,25H2,1-4H3,(H,29,30);10,17,22-23H,2-9,16H2,1H3,(H,20,21). The number of nitrogens with two attached hydrogens (primary N) is 2. The molecule has 2 amide bonds. The van der Waals surface area contributed by atoms with Crippen LogP contribution < -0.4 is 22.1 Å². The molecule has 10 N–H and O–H groups in total. The average molecular weight is 791 g/mol. The van der Waals surface area contributed by atoms with E-state index in [4.69, 9.17) is 35.6 Å². The van der Waals surface area contributed by atoms with Gasteiger partial charge in [0.2, 0.25) is 11.8 Å². The minimum Gasteiger partial charge on any atom is -0.480 e. The number of fused-ring (bicyclic) bond motifs is 2. The van der Waals surface area contributed by atoms with Crippen molar-refractivity contribution in [2.75, 3.05) is 53.0 Å². The smallest absolute Gasteiger partial charge is 0.457 e. The molecule has 8 fully saturated rings. The van der Waals surface area contributed by atoms with Crippen LogP contribution in [0.4, 0.5) is 0 Å². The normalized spacial score (nSPS) is 38.5. The number of nitrogens with one attached hydrogen (secondary N) is 2. The Kier molecular flexibility index (Phi) is 12.1. The van der Waals surface area contributed by atoms with Crippen LogP contribution >= 0.6 is 0 Å². The fourth-order valence-corrected chi connectivity index (χ4v) is 12.1. The average Bonchev–Trinajstić information content (AvgIpc) is 3.89. The van der Waals surface area contributed by atoms with Crippen LogP contribution in [0.2, 0.25) is 12.6 Å². The molecule has 2 bridgehead atoms. The number of hydrogen-bond donors (Lipinski definition) is 8. The molecule has 3 saturated carbocycles. The molecule has 0 aromatic heterocycles. The number of rotatable bonds is 14. The number of carbonyl (C=O) groups excluding carboxylic acids is 2. The van der Waals surface area contributed by atoms with E-state index in [0.717, 1.165) is 37.9 Å². The number of hydrogen-bond acceptors (Lipinski definition) is 13. The molecule has 5 aliphatic heterocycles. The molecule has 10 atom stereocenters. The molecule has 5 saturated heterocycles. The van der Waals surface area contributed by atoms with Crippen LogP contribution in [0.1, 0.15) is 79.1 Å². The van der Waals surface area contributed by atoms with Gasteiger partial charge in [-0.05, 0) is 95.4 Å². The van der Waals surface area contributed by atoms with Crippen molar-refractivity contribution in [1.29, 1.82) is 0 Å². The van der Waals surface area contributed by atoms with E-state index in [1.165, 1.54) is 18.4 Å². The molecule has 0 aromatic carbocycles. The summed E-state index contributed by atoms with van der Waals surface area (Å²) in [5.41, 5.74) is 8.32. The molecular formula is C37H64B2N6O11. The first-order chi connectivity index (χ1) is 26.2. The number of carbonyl (C=O) groups is 4. The molecule has 56 heavy (non-hydrogen) atoms. The summed E-state index contributed by atoms with van der Waals surface area (Å²) >= 11 is 0. The quantitative estimate of drug-likeness (QED) is 0.102. The topological polar surface area (TPSA) is 259 Å². The Labute approximate surface area is 330 Å². The van der Waals surface area contributed by atoms with E-state index in [9.17, 15) is 29.4 Å². The Morgan fingerprint density at radius 3 is 1.95 bits per heavy atom. The second-order valence-corrected chi connectivity index (χ2v) is 18.7. The zero-order chi connectivity index (χ0) is 41.1. The van der Waals surface area contributed by atoms with E-state index in [1.54, 1.807) is 11.8 Å². The molecular weight excluding hydrogens is 726 g/mol. The van der Waals surface area contributed by atoms with Gasteiger partial charge in [0.25, 0.3) is 0 Å². The number of nitrogens with zero attached hydrogens (tertiary/aromatic N) is 2. The molecule has 17 nitrogen and oxygen atoms in total. The van der Waals surface area contributed by atoms with Crippen molar-refractivity contribution >= 4 is 38.0 Å². The zero-order valence-electron chi connectivity index (χ0n) is 33.8. The molecule has 0 aromatic rings. The largest absolute Gasteiger partial charge is 0.480 e. The van der Waals surface area contributed by atoms with Crippen molar-refractivity contribution in [2.45, 2.75) is 127 Å². The van der Waals surface area contributed by atoms with Gasteiger partial charge in [0, 0.05) is 31.0 Å². The lowest BCUT2D eigenvalue weighted by molar-refractivity contribution is -0.199. The summed E-state index contributed by atoms with van der Waals surface area (Å²) in [6.07, 6.45) is 7.25. The van der Waals surface area contributed by atoms with Crippen molar-refractivity contribution in [2.24, 2.45) is 39.5 Å². The van der Waals surface area contributed by atoms with Gasteiger partial charge in [-0.25, -0.2) is 0 Å². The van der Waals surface area contributed by atoms with E-state index < -0.39 is 53.0 Å². The lowest BCUT2D eigenvalue weighted by Crippen LogP contribution is -2.65. The maximum absolute atomic E-state index is 12.6. The molecule has 19 heteroatoms. The van der Waals surface area contributed by atoms with E-state index in [-0.39, 0.29) is 56.7 Å². The maximum Gasteiger partial charge on any atom is 0.457 e. The minimum atomic E-state index is -1.41. The summed E-state index contributed by atoms with van der Waals surface area (Å²) in [4.78, 5) is 52.6. The monoisotopic (exact) mass is 790 g/mol. The van der Waals surface area contributed by atoms with Gasteiger partial charge in [0.05, 0.1) is 37.4 Å². The third-order valence-electron chi connectivity index (χ3n) is 15.3. The van der Waals surface area contributed by atoms with Crippen LogP contribution in [-0.2, 0) is 33.2 Å². The fraction of sp³-hybridized carbons (Fsp3) is 0.892. The Morgan fingerprint density at radius 1 is 0.893 bits per heavy atom. The Bertz CT molecular complexity index is 1530. The molecule has 0 spiro atoms. The number of aliphatic carboxylic acids is 2. The minimum absolute atomic E-state index is 0.0558. The molecule has 3 aliphatic carbocycles. The highest BCUT2D eigenvalue weighted by Gasteiger charge is 2.69. The van der Waals surface area contributed by atoms with E-state index in [0.29, 0.717) is 56.8 Å². The van der Waals surface area contributed by atoms with Crippen LogP contribution in [0.15, 0.2) is 0 Å². The predicted octanol–water partition coefficient (Wildman–Crippen LogP) is -0.654. The van der Waals surface area contributed by atoms with Crippen molar-refractivity contribution in [3.05, 3.63) is 0 Å². The summed E-state index contributed by atoms with van der Waals surface area (Å²) in [6, 6.07) is -1.45. The second kappa shape index (κ2) is 15.7. The van der Waals surface area contributed by atoms with Crippen LogP contribution in [0.3, 0.4) is 0 Å². The van der Waals surface area contributed by atoms with Gasteiger partial charge in [-0.2, -0.15) is 0 Å². The summed E-state index contributed by atoms with van der Waals surface area (Å²) < 4.78 is 17.8. The summed E-state index contributed by atoms with van der Waals surface area (Å²) in [6.45, 7) is 10.9. The summed E-state index contributed by atoms with van der Waals surface area (Å²) in [7, 11) is -0.189. The van der Waals surface area contributed by atoms with Crippen LogP contribution in [-0.4, -0.2) is 156 Å².